The van der Waals surface area contributed by atoms with Crippen molar-refractivity contribution in [1.82, 2.24) is 9.78 Å². The molecule has 20 heavy (non-hydrogen) atoms. The molecule has 0 amide bonds. The number of alkyl halides is 3. The molecule has 1 N–H and O–H groups in total. The second kappa shape index (κ2) is 5.17. The van der Waals surface area contributed by atoms with Crippen LogP contribution in [0, 0.1) is 0 Å². The molecule has 1 aromatic rings. The number of carbonyl (C=O) groups is 1. The summed E-state index contributed by atoms with van der Waals surface area (Å²) in [7, 11) is 0. The quantitative estimate of drug-likeness (QED) is 0.911. The third-order valence-electron chi connectivity index (χ3n) is 3.54. The monoisotopic (exact) mass is 292 g/mol. The summed E-state index contributed by atoms with van der Waals surface area (Å²) >= 11 is 0. The number of aromatic nitrogens is 2. The van der Waals surface area contributed by atoms with Gasteiger partial charge in [-0.2, -0.15) is 18.3 Å². The minimum Gasteiger partial charge on any atom is -0.390 e. The van der Waals surface area contributed by atoms with E-state index in [1.807, 2.05) is 0 Å². The van der Waals surface area contributed by atoms with Gasteiger partial charge in [0.15, 0.2) is 5.78 Å². The molecule has 0 saturated heterocycles. The second-order valence-electron chi connectivity index (χ2n) is 4.97. The Balaban J connectivity index is 2.30. The van der Waals surface area contributed by atoms with Crippen molar-refractivity contribution in [2.45, 2.75) is 43.7 Å². The number of rotatable bonds is 3. The number of Topliss-reactive ketones (excluding diaryl/α,β-unsaturated/α-hetero) is 1. The largest absolute Gasteiger partial charge is 0.411 e. The first-order valence-corrected chi connectivity index (χ1v) is 6.15. The lowest BCUT2D eigenvalue weighted by atomic mass is 9.77. The van der Waals surface area contributed by atoms with Gasteiger partial charge in [-0.25, -0.2) is 0 Å². The number of aliphatic hydroxyl groups excluding tert-OH is 1. The summed E-state index contributed by atoms with van der Waals surface area (Å²) in [6, 6.07) is 1.56. The van der Waals surface area contributed by atoms with E-state index in [4.69, 9.17) is 4.74 Å². The lowest BCUT2D eigenvalue weighted by Gasteiger charge is -2.42. The Labute approximate surface area is 113 Å². The Morgan fingerprint density at radius 2 is 2.30 bits per heavy atom. The van der Waals surface area contributed by atoms with Crippen LogP contribution in [0.2, 0.25) is 0 Å². The second-order valence-corrected chi connectivity index (χ2v) is 4.97. The Morgan fingerprint density at radius 1 is 1.60 bits per heavy atom. The lowest BCUT2D eigenvalue weighted by Crippen LogP contribution is -2.59. The molecule has 112 valence electrons. The lowest BCUT2D eigenvalue weighted by molar-refractivity contribution is -0.215. The molecule has 1 aliphatic rings. The predicted octanol–water partition coefficient (Wildman–Crippen LogP) is 1.27. The molecule has 0 spiro atoms. The summed E-state index contributed by atoms with van der Waals surface area (Å²) in [5.74, 6) is -0.307. The Hall–Kier alpha value is -1.41. The zero-order chi connectivity index (χ0) is 15.0. The van der Waals surface area contributed by atoms with Crippen molar-refractivity contribution in [3.63, 3.8) is 0 Å². The summed E-state index contributed by atoms with van der Waals surface area (Å²) in [6.45, 7) is -0.0788. The molecule has 0 aliphatic heterocycles. The van der Waals surface area contributed by atoms with Gasteiger partial charge in [-0.1, -0.05) is 0 Å². The van der Waals surface area contributed by atoms with Crippen LogP contribution in [0.25, 0.3) is 0 Å². The van der Waals surface area contributed by atoms with E-state index in [9.17, 15) is 23.1 Å². The Morgan fingerprint density at radius 3 is 2.85 bits per heavy atom. The Bertz CT molecular complexity index is 475. The third kappa shape index (κ3) is 2.71. The summed E-state index contributed by atoms with van der Waals surface area (Å²) in [5, 5.41) is 13.8. The van der Waals surface area contributed by atoms with Crippen LogP contribution in [0.4, 0.5) is 13.2 Å². The van der Waals surface area contributed by atoms with E-state index in [-0.39, 0.29) is 18.6 Å². The molecule has 8 heteroatoms. The highest BCUT2D eigenvalue weighted by Gasteiger charge is 2.51. The molecule has 1 aromatic heterocycles. The van der Waals surface area contributed by atoms with Crippen molar-refractivity contribution in [3.05, 3.63) is 18.5 Å². The molecule has 2 rings (SSSR count). The van der Waals surface area contributed by atoms with Crippen LogP contribution in [-0.2, 0) is 15.1 Å². The maximum atomic E-state index is 12.3. The van der Waals surface area contributed by atoms with Gasteiger partial charge in [0.2, 0.25) is 0 Å². The number of carbonyl (C=O) groups excluding carboxylic acids is 1. The fraction of sp³-hybridized carbons (Fsp3) is 0.667. The number of nitrogens with zero attached hydrogens (tertiary/aromatic N) is 2. The van der Waals surface area contributed by atoms with Crippen LogP contribution in [-0.4, -0.2) is 45.7 Å². The van der Waals surface area contributed by atoms with Gasteiger partial charge < -0.3 is 9.84 Å². The molecule has 1 aliphatic carbocycles. The number of ether oxygens (including phenoxy) is 1. The predicted molar refractivity (Wildman–Crippen MR) is 61.9 cm³/mol. The van der Waals surface area contributed by atoms with Gasteiger partial charge in [-0.15, -0.1) is 0 Å². The highest BCUT2D eigenvalue weighted by Crippen LogP contribution is 2.35. The van der Waals surface area contributed by atoms with E-state index < -0.39 is 30.5 Å². The molecule has 1 saturated carbocycles. The Kier molecular flexibility index (Phi) is 3.88. The van der Waals surface area contributed by atoms with Crippen molar-refractivity contribution in [2.75, 3.05) is 6.61 Å². The SMILES string of the molecule is CC1(n2cccn2)C(=O)CCC(O)C1OCC(F)(F)F. The zero-order valence-electron chi connectivity index (χ0n) is 10.8. The van der Waals surface area contributed by atoms with Gasteiger partial charge in [0.1, 0.15) is 18.2 Å². The summed E-state index contributed by atoms with van der Waals surface area (Å²) in [4.78, 5) is 12.2. The molecule has 0 aromatic carbocycles. The topological polar surface area (TPSA) is 64.4 Å². The first-order valence-electron chi connectivity index (χ1n) is 6.15. The smallest absolute Gasteiger partial charge is 0.390 e. The normalized spacial score (nSPS) is 31.6. The van der Waals surface area contributed by atoms with E-state index in [2.05, 4.69) is 5.10 Å². The van der Waals surface area contributed by atoms with Gasteiger partial charge in [0.05, 0.1) is 6.10 Å². The van der Waals surface area contributed by atoms with Crippen molar-refractivity contribution in [2.24, 2.45) is 0 Å². The number of ketones is 1. The highest BCUT2D eigenvalue weighted by atomic mass is 19.4. The fourth-order valence-electron chi connectivity index (χ4n) is 2.48. The molecule has 0 radical (unpaired) electrons. The van der Waals surface area contributed by atoms with Crippen LogP contribution >= 0.6 is 0 Å². The zero-order valence-corrected chi connectivity index (χ0v) is 10.8. The summed E-state index contributed by atoms with van der Waals surface area (Å²) < 4.78 is 43.0. The van der Waals surface area contributed by atoms with E-state index in [1.165, 1.54) is 24.0 Å². The van der Waals surface area contributed by atoms with E-state index in [1.54, 1.807) is 6.07 Å². The molecule has 0 bridgehead atoms. The van der Waals surface area contributed by atoms with Crippen molar-refractivity contribution < 1.29 is 27.8 Å². The van der Waals surface area contributed by atoms with Crippen LogP contribution in [0.5, 0.6) is 0 Å². The molecule has 1 fully saturated rings. The van der Waals surface area contributed by atoms with Crippen LogP contribution < -0.4 is 0 Å². The van der Waals surface area contributed by atoms with Crippen molar-refractivity contribution in [3.8, 4) is 0 Å². The standard InChI is InChI=1S/C12H15F3N2O3/c1-11(17-6-2-5-16-17)9(19)4-3-8(18)10(11)20-7-12(13,14)15/h2,5-6,8,10,18H,3-4,7H2,1H3. The minimum atomic E-state index is -4.52. The average Bonchev–Trinajstić information content (AvgIpc) is 2.87. The summed E-state index contributed by atoms with van der Waals surface area (Å²) in [6.07, 6.45) is -3.91. The van der Waals surface area contributed by atoms with Crippen LogP contribution in [0.15, 0.2) is 18.5 Å². The van der Waals surface area contributed by atoms with Gasteiger partial charge in [-0.05, 0) is 19.4 Å². The summed E-state index contributed by atoms with van der Waals surface area (Å²) in [5.41, 5.74) is -1.44. The van der Waals surface area contributed by atoms with Crippen LogP contribution in [0.1, 0.15) is 19.8 Å². The molecular formula is C12H15F3N2O3. The fourth-order valence-corrected chi connectivity index (χ4v) is 2.48. The first kappa shape index (κ1) is 15.0. The number of aliphatic hydroxyl groups is 1. The number of halogens is 3. The molecule has 5 nitrogen and oxygen atoms in total. The van der Waals surface area contributed by atoms with Crippen molar-refractivity contribution in [1.29, 1.82) is 0 Å². The van der Waals surface area contributed by atoms with Gasteiger partial charge in [-0.3, -0.25) is 9.48 Å². The van der Waals surface area contributed by atoms with E-state index >= 15 is 0 Å². The number of hydrogen-bond acceptors (Lipinski definition) is 4. The molecular weight excluding hydrogens is 277 g/mol. The molecule has 3 atom stereocenters. The molecule has 3 unspecified atom stereocenters. The third-order valence-corrected chi connectivity index (χ3v) is 3.54. The highest BCUT2D eigenvalue weighted by molar-refractivity contribution is 5.87. The maximum absolute atomic E-state index is 12.3. The van der Waals surface area contributed by atoms with Gasteiger partial charge in [0.25, 0.3) is 0 Å². The molecule has 1 heterocycles. The maximum Gasteiger partial charge on any atom is 0.411 e. The average molecular weight is 292 g/mol. The van der Waals surface area contributed by atoms with E-state index in [0.717, 1.165) is 0 Å². The van der Waals surface area contributed by atoms with Gasteiger partial charge in [0, 0.05) is 18.8 Å². The van der Waals surface area contributed by atoms with Crippen molar-refractivity contribution >= 4 is 5.78 Å². The van der Waals surface area contributed by atoms with Crippen LogP contribution in [0.3, 0.4) is 0 Å². The minimum absolute atomic E-state index is 0.0728. The first-order chi connectivity index (χ1) is 9.25. The number of hydrogen-bond donors (Lipinski definition) is 1. The van der Waals surface area contributed by atoms with Gasteiger partial charge >= 0.3 is 6.18 Å². The van der Waals surface area contributed by atoms with E-state index in [0.29, 0.717) is 0 Å².